The summed E-state index contributed by atoms with van der Waals surface area (Å²) in [4.78, 5) is 4.64. The van der Waals surface area contributed by atoms with Crippen LogP contribution >= 0.6 is 0 Å². The highest BCUT2D eigenvalue weighted by Crippen LogP contribution is 2.32. The smallest absolute Gasteiger partial charge is 0.0728 e. The number of pyridine rings is 1. The van der Waals surface area contributed by atoms with Crippen LogP contribution in [0.4, 0.5) is 5.69 Å². The van der Waals surface area contributed by atoms with Gasteiger partial charge >= 0.3 is 0 Å². The van der Waals surface area contributed by atoms with Gasteiger partial charge in [-0.25, -0.2) is 0 Å². The van der Waals surface area contributed by atoms with Crippen LogP contribution in [-0.2, 0) is 6.42 Å². The number of aryl methyl sites for hydroxylation is 1. The summed E-state index contributed by atoms with van der Waals surface area (Å²) in [5.74, 6) is 0. The highest BCUT2D eigenvalue weighted by atomic mass is 14.9. The Hall–Kier alpha value is -1.57. The van der Waals surface area contributed by atoms with Crippen molar-refractivity contribution in [2.24, 2.45) is 0 Å². The molecule has 0 unspecified atom stereocenters. The van der Waals surface area contributed by atoms with E-state index < -0.39 is 0 Å². The fraction of sp³-hybridized carbons (Fsp3) is 0.308. The van der Waals surface area contributed by atoms with Crippen molar-refractivity contribution in [1.29, 1.82) is 0 Å². The van der Waals surface area contributed by atoms with Gasteiger partial charge < -0.3 is 5.32 Å². The largest absolute Gasteiger partial charge is 0.384 e. The highest BCUT2D eigenvalue weighted by molar-refractivity contribution is 5.96. The summed E-state index contributed by atoms with van der Waals surface area (Å²) < 4.78 is 0. The molecule has 0 saturated heterocycles. The van der Waals surface area contributed by atoms with Crippen molar-refractivity contribution >= 4 is 16.6 Å². The molecule has 0 radical (unpaired) electrons. The molecule has 0 fully saturated rings. The van der Waals surface area contributed by atoms with Crippen molar-refractivity contribution in [1.82, 2.24) is 4.98 Å². The molecule has 2 heterocycles. The summed E-state index contributed by atoms with van der Waals surface area (Å²) in [5.41, 5.74) is 6.36. The van der Waals surface area contributed by atoms with E-state index in [1.165, 1.54) is 22.2 Å². The first-order valence-electron chi connectivity index (χ1n) is 5.40. The summed E-state index contributed by atoms with van der Waals surface area (Å²) in [7, 11) is 0. The molecule has 1 aliphatic heterocycles. The second-order valence-electron chi connectivity index (χ2n) is 4.18. The Morgan fingerprint density at radius 1 is 1.27 bits per heavy atom. The minimum absolute atomic E-state index is 1.04. The Labute approximate surface area is 89.3 Å². The normalized spacial score (nSPS) is 14.0. The van der Waals surface area contributed by atoms with E-state index in [4.69, 9.17) is 0 Å². The molecule has 0 atom stereocenters. The lowest BCUT2D eigenvalue weighted by Crippen LogP contribution is -2.14. The first-order valence-corrected chi connectivity index (χ1v) is 5.40. The van der Waals surface area contributed by atoms with E-state index in [1.807, 2.05) is 0 Å². The maximum atomic E-state index is 4.64. The van der Waals surface area contributed by atoms with Gasteiger partial charge in [0.1, 0.15) is 0 Å². The summed E-state index contributed by atoms with van der Waals surface area (Å²) >= 11 is 0. The Bertz CT molecular complexity index is 544. The molecule has 2 aromatic rings. The lowest BCUT2D eigenvalue weighted by molar-refractivity contribution is 0.981. The third-order valence-electron chi connectivity index (χ3n) is 3.32. The zero-order chi connectivity index (χ0) is 10.4. The van der Waals surface area contributed by atoms with Gasteiger partial charge in [0.15, 0.2) is 0 Å². The van der Waals surface area contributed by atoms with E-state index >= 15 is 0 Å². The average molecular weight is 198 g/mol. The molecule has 1 N–H and O–H groups in total. The van der Waals surface area contributed by atoms with Crippen LogP contribution in [0.15, 0.2) is 18.2 Å². The third-order valence-corrected chi connectivity index (χ3v) is 3.32. The molecule has 0 amide bonds. The average Bonchev–Trinajstić information content (AvgIpc) is 2.26. The Morgan fingerprint density at radius 2 is 2.13 bits per heavy atom. The number of hydrogen-bond donors (Lipinski definition) is 1. The van der Waals surface area contributed by atoms with Crippen LogP contribution in [0, 0.1) is 13.8 Å². The number of benzene rings is 1. The Morgan fingerprint density at radius 3 is 3.00 bits per heavy atom. The van der Waals surface area contributed by atoms with Crippen LogP contribution in [0.1, 0.15) is 16.8 Å². The van der Waals surface area contributed by atoms with Crippen molar-refractivity contribution < 1.29 is 0 Å². The SMILES string of the molecule is Cc1nc2cccc3c2c(c1C)CCN3. The molecule has 2 heteroatoms. The maximum absolute atomic E-state index is 4.64. The molecule has 2 nitrogen and oxygen atoms in total. The van der Waals surface area contributed by atoms with E-state index in [-0.39, 0.29) is 0 Å². The zero-order valence-electron chi connectivity index (χ0n) is 9.09. The molecular formula is C13H14N2. The van der Waals surface area contributed by atoms with Crippen molar-refractivity contribution in [3.8, 4) is 0 Å². The Kier molecular flexibility index (Phi) is 1.72. The van der Waals surface area contributed by atoms with Gasteiger partial charge in [0, 0.05) is 23.3 Å². The third kappa shape index (κ3) is 1.14. The lowest BCUT2D eigenvalue weighted by atomic mass is 9.95. The molecule has 1 aromatic heterocycles. The van der Waals surface area contributed by atoms with Crippen molar-refractivity contribution in [2.45, 2.75) is 20.3 Å². The van der Waals surface area contributed by atoms with Crippen LogP contribution in [-0.4, -0.2) is 11.5 Å². The molecule has 3 rings (SSSR count). The molecule has 76 valence electrons. The van der Waals surface area contributed by atoms with Gasteiger partial charge in [-0.15, -0.1) is 0 Å². The zero-order valence-corrected chi connectivity index (χ0v) is 9.09. The predicted molar refractivity (Wildman–Crippen MR) is 63.4 cm³/mol. The second-order valence-corrected chi connectivity index (χ2v) is 4.18. The number of aromatic nitrogens is 1. The maximum Gasteiger partial charge on any atom is 0.0728 e. The second kappa shape index (κ2) is 2.96. The molecule has 1 aromatic carbocycles. The van der Waals surface area contributed by atoms with Gasteiger partial charge in [-0.2, -0.15) is 0 Å². The molecule has 0 bridgehead atoms. The highest BCUT2D eigenvalue weighted by Gasteiger charge is 2.15. The van der Waals surface area contributed by atoms with Gasteiger partial charge in [-0.05, 0) is 43.5 Å². The predicted octanol–water partition coefficient (Wildman–Crippen LogP) is 2.82. The fourth-order valence-electron chi connectivity index (χ4n) is 2.40. The molecular weight excluding hydrogens is 184 g/mol. The minimum atomic E-state index is 1.04. The van der Waals surface area contributed by atoms with E-state index in [9.17, 15) is 0 Å². The Balaban J connectivity index is 2.51. The molecule has 1 aliphatic rings. The lowest BCUT2D eigenvalue weighted by Gasteiger charge is -2.21. The fourth-order valence-corrected chi connectivity index (χ4v) is 2.40. The summed E-state index contributed by atoms with van der Waals surface area (Å²) in [6.45, 7) is 5.32. The number of anilines is 1. The van der Waals surface area contributed by atoms with Crippen molar-refractivity contribution in [3.63, 3.8) is 0 Å². The van der Waals surface area contributed by atoms with Gasteiger partial charge in [0.05, 0.1) is 5.52 Å². The number of hydrogen-bond acceptors (Lipinski definition) is 2. The van der Waals surface area contributed by atoms with Crippen LogP contribution < -0.4 is 5.32 Å². The van der Waals surface area contributed by atoms with E-state index in [0.717, 1.165) is 24.2 Å². The van der Waals surface area contributed by atoms with Gasteiger partial charge in [-0.1, -0.05) is 6.07 Å². The van der Waals surface area contributed by atoms with E-state index in [1.54, 1.807) is 0 Å². The first-order chi connectivity index (χ1) is 7.27. The number of nitrogens with one attached hydrogen (secondary N) is 1. The van der Waals surface area contributed by atoms with E-state index in [0.29, 0.717) is 0 Å². The number of rotatable bonds is 0. The quantitative estimate of drug-likeness (QED) is 0.704. The van der Waals surface area contributed by atoms with E-state index in [2.05, 4.69) is 42.3 Å². The van der Waals surface area contributed by atoms with Gasteiger partial charge in [-0.3, -0.25) is 4.98 Å². The summed E-state index contributed by atoms with van der Waals surface area (Å²) in [6.07, 6.45) is 1.11. The monoisotopic (exact) mass is 198 g/mol. The topological polar surface area (TPSA) is 24.9 Å². The van der Waals surface area contributed by atoms with Gasteiger partial charge in [0.25, 0.3) is 0 Å². The van der Waals surface area contributed by atoms with Crippen molar-refractivity contribution in [3.05, 3.63) is 35.0 Å². The van der Waals surface area contributed by atoms with Crippen LogP contribution in [0.3, 0.4) is 0 Å². The van der Waals surface area contributed by atoms with Crippen LogP contribution in [0.5, 0.6) is 0 Å². The standard InChI is InChI=1S/C13H14N2/c1-8-9(2)15-12-5-3-4-11-13(12)10(8)6-7-14-11/h3-5,14H,6-7H2,1-2H3. The number of nitrogens with zero attached hydrogens (tertiary/aromatic N) is 1. The molecule has 0 aliphatic carbocycles. The molecule has 0 spiro atoms. The van der Waals surface area contributed by atoms with Crippen molar-refractivity contribution in [2.75, 3.05) is 11.9 Å². The summed E-state index contributed by atoms with van der Waals surface area (Å²) in [6, 6.07) is 6.31. The first kappa shape index (κ1) is 8.72. The molecule has 0 saturated carbocycles. The minimum Gasteiger partial charge on any atom is -0.384 e. The molecule has 15 heavy (non-hydrogen) atoms. The van der Waals surface area contributed by atoms with Crippen LogP contribution in [0.25, 0.3) is 10.9 Å². The van der Waals surface area contributed by atoms with Crippen LogP contribution in [0.2, 0.25) is 0 Å². The van der Waals surface area contributed by atoms with Gasteiger partial charge in [0.2, 0.25) is 0 Å². The summed E-state index contributed by atoms with van der Waals surface area (Å²) in [5, 5.41) is 4.76.